The number of furan rings is 1. The molecule has 0 amide bonds. The Bertz CT molecular complexity index is 3880. The number of fused-ring (bicyclic) bond motifs is 9. The molecule has 3 heteroatoms. The van der Waals surface area contributed by atoms with Crippen LogP contribution in [0, 0.1) is 0 Å². The molecule has 0 aliphatic heterocycles. The topological polar surface area (TPSA) is 18.1 Å². The summed E-state index contributed by atoms with van der Waals surface area (Å²) in [6.07, 6.45) is 0. The summed E-state index contributed by atoms with van der Waals surface area (Å²) < 4.78 is 11.5. The second kappa shape index (κ2) is 14.3. The van der Waals surface area contributed by atoms with Gasteiger partial charge in [-0.15, -0.1) is 11.3 Å². The van der Waals surface area contributed by atoms with Gasteiger partial charge in [-0.2, -0.15) is 0 Å². The Morgan fingerprint density at radius 3 is 1.30 bits per heavy atom. The van der Waals surface area contributed by atoms with Gasteiger partial charge in [-0.05, 0) is 123 Å². The van der Waals surface area contributed by atoms with Crippen molar-refractivity contribution in [2.45, 2.75) is 0 Å². The van der Waals surface area contributed by atoms with Gasteiger partial charge >= 0.3 is 0 Å². The first-order valence-corrected chi connectivity index (χ1v) is 22.3. The van der Waals surface area contributed by atoms with Crippen molar-refractivity contribution in [1.29, 1.82) is 0 Å². The van der Waals surface area contributed by atoms with Crippen molar-refractivity contribution in [2.75, 3.05) is 0 Å². The molecule has 0 radical (unpaired) electrons. The molecule has 0 unspecified atom stereocenters. The van der Waals surface area contributed by atoms with Gasteiger partial charge < -0.3 is 8.98 Å². The molecule has 0 fully saturated rings. The van der Waals surface area contributed by atoms with E-state index in [0.717, 1.165) is 38.8 Å². The number of aromatic nitrogens is 1. The minimum Gasteiger partial charge on any atom is -0.456 e. The molecule has 0 N–H and O–H groups in total. The highest BCUT2D eigenvalue weighted by Gasteiger charge is 2.20. The largest absolute Gasteiger partial charge is 0.456 e. The minimum atomic E-state index is 0.887. The number of nitrogens with zero attached hydrogens (tertiary/aromatic N) is 1. The summed E-state index contributed by atoms with van der Waals surface area (Å²) in [6.45, 7) is 0. The number of thiophene rings is 1. The van der Waals surface area contributed by atoms with Gasteiger partial charge in [0.25, 0.3) is 0 Å². The maximum absolute atomic E-state index is 6.53. The maximum atomic E-state index is 6.53. The molecule has 0 saturated carbocycles. The van der Waals surface area contributed by atoms with E-state index in [9.17, 15) is 0 Å². The average molecular weight is 820 g/mol. The summed E-state index contributed by atoms with van der Waals surface area (Å²) in [5.41, 5.74) is 17.4. The van der Waals surface area contributed by atoms with Crippen molar-refractivity contribution in [3.05, 3.63) is 224 Å². The molecule has 10 aromatic carbocycles. The lowest BCUT2D eigenvalue weighted by molar-refractivity contribution is 0.669. The molecule has 0 aliphatic rings. The van der Waals surface area contributed by atoms with Gasteiger partial charge in [-0.25, -0.2) is 0 Å². The molecule has 2 nitrogen and oxygen atoms in total. The van der Waals surface area contributed by atoms with Crippen LogP contribution in [0.3, 0.4) is 0 Å². The second-order valence-electron chi connectivity index (χ2n) is 16.4. The Hall–Kier alpha value is -7.98. The Morgan fingerprint density at radius 2 is 0.714 bits per heavy atom. The van der Waals surface area contributed by atoms with Gasteiger partial charge in [0, 0.05) is 58.5 Å². The van der Waals surface area contributed by atoms with Crippen molar-refractivity contribution >= 4 is 75.3 Å². The fourth-order valence-corrected chi connectivity index (χ4v) is 11.1. The van der Waals surface area contributed by atoms with Crippen LogP contribution in [0.25, 0.3) is 125 Å². The van der Waals surface area contributed by atoms with Gasteiger partial charge in [0.2, 0.25) is 0 Å². The van der Waals surface area contributed by atoms with E-state index in [4.69, 9.17) is 4.42 Å². The van der Waals surface area contributed by atoms with Crippen LogP contribution in [-0.2, 0) is 0 Å². The van der Waals surface area contributed by atoms with Crippen LogP contribution < -0.4 is 0 Å². The Kier molecular flexibility index (Phi) is 8.12. The van der Waals surface area contributed by atoms with E-state index in [2.05, 4.69) is 229 Å². The monoisotopic (exact) mass is 819 g/mol. The van der Waals surface area contributed by atoms with Crippen LogP contribution in [0.15, 0.2) is 229 Å². The van der Waals surface area contributed by atoms with Crippen LogP contribution in [0.5, 0.6) is 0 Å². The molecule has 0 spiro atoms. The Morgan fingerprint density at radius 1 is 0.286 bits per heavy atom. The molecule has 0 bridgehead atoms. The fraction of sp³-hybridized carbons (Fsp3) is 0. The molecule has 13 rings (SSSR count). The van der Waals surface area contributed by atoms with E-state index in [0.29, 0.717) is 0 Å². The first-order chi connectivity index (χ1) is 31.2. The molecule has 13 aromatic rings. The zero-order valence-electron chi connectivity index (χ0n) is 34.1. The van der Waals surface area contributed by atoms with E-state index >= 15 is 0 Å². The van der Waals surface area contributed by atoms with Crippen LogP contribution in [0.1, 0.15) is 0 Å². The summed E-state index contributed by atoms with van der Waals surface area (Å²) in [5.74, 6) is 0. The molecule has 294 valence electrons. The smallest absolute Gasteiger partial charge is 0.135 e. The third-order valence-corrected chi connectivity index (χ3v) is 14.1. The van der Waals surface area contributed by atoms with E-state index in [1.165, 1.54) is 86.5 Å². The normalized spacial score (nSPS) is 11.8. The molecule has 0 saturated heterocycles. The third-order valence-electron chi connectivity index (χ3n) is 12.8. The standard InChI is InChI=1S/C60H37NOS/c1-5-15-38(16-6-1)44-34-48(39-17-7-2-8-18-39)59-53(36-44)54-37-45(35-49(60(54)63-59)40-19-9-3-10-20-40)43-27-30-58-52(33-43)51-32-42(26-29-57(51)62-58)41-25-28-56-50(31-41)47-23-13-14-24-55(47)61(56)46-21-11-4-12-22-46/h1-37H. The molecule has 63 heavy (non-hydrogen) atoms. The minimum absolute atomic E-state index is 0.887. The zero-order valence-corrected chi connectivity index (χ0v) is 34.9. The summed E-state index contributed by atoms with van der Waals surface area (Å²) in [6, 6.07) is 81.6. The van der Waals surface area contributed by atoms with Gasteiger partial charge in [0.1, 0.15) is 11.2 Å². The van der Waals surface area contributed by atoms with E-state index < -0.39 is 0 Å². The van der Waals surface area contributed by atoms with Crippen molar-refractivity contribution in [3.8, 4) is 61.3 Å². The highest BCUT2D eigenvalue weighted by molar-refractivity contribution is 7.27. The third kappa shape index (κ3) is 5.85. The SMILES string of the molecule is c1ccc(-c2cc(-c3ccccc3)c3sc4c(-c5ccccc5)cc(-c5ccc6oc7ccc(-c8ccc9c(c8)c8ccccc8n9-c8ccccc8)cc7c6c5)cc4c3c2)cc1. The lowest BCUT2D eigenvalue weighted by Gasteiger charge is -2.10. The number of hydrogen-bond donors (Lipinski definition) is 0. The van der Waals surface area contributed by atoms with Gasteiger partial charge in [-0.1, -0.05) is 146 Å². The fourth-order valence-electron chi connectivity index (χ4n) is 9.75. The number of hydrogen-bond acceptors (Lipinski definition) is 2. The molecular weight excluding hydrogens is 783 g/mol. The zero-order chi connectivity index (χ0) is 41.4. The van der Waals surface area contributed by atoms with Gasteiger partial charge in [0.05, 0.1) is 11.0 Å². The number of benzene rings is 10. The van der Waals surface area contributed by atoms with Crippen LogP contribution >= 0.6 is 11.3 Å². The number of rotatable bonds is 6. The summed E-state index contributed by atoms with van der Waals surface area (Å²) >= 11 is 1.90. The van der Waals surface area contributed by atoms with Crippen molar-refractivity contribution in [3.63, 3.8) is 0 Å². The molecule has 0 aliphatic carbocycles. The lowest BCUT2D eigenvalue weighted by atomic mass is 9.93. The van der Waals surface area contributed by atoms with Crippen LogP contribution in [0.4, 0.5) is 0 Å². The summed E-state index contributed by atoms with van der Waals surface area (Å²) in [4.78, 5) is 0. The molecule has 0 atom stereocenters. The first kappa shape index (κ1) is 35.7. The Balaban J connectivity index is 0.992. The highest BCUT2D eigenvalue weighted by Crippen LogP contribution is 2.48. The molecule has 3 heterocycles. The molecule has 3 aromatic heterocycles. The number of para-hydroxylation sites is 2. The van der Waals surface area contributed by atoms with Gasteiger partial charge in [0.15, 0.2) is 0 Å². The average Bonchev–Trinajstić information content (AvgIpc) is 4.03. The predicted octanol–water partition coefficient (Wildman–Crippen LogP) is 17.4. The van der Waals surface area contributed by atoms with E-state index in [1.807, 2.05) is 11.3 Å². The molecular formula is C60H37NOS. The quantitative estimate of drug-likeness (QED) is 0.163. The summed E-state index contributed by atoms with van der Waals surface area (Å²) in [5, 5.41) is 7.25. The second-order valence-corrected chi connectivity index (χ2v) is 17.5. The van der Waals surface area contributed by atoms with E-state index in [-0.39, 0.29) is 0 Å². The maximum Gasteiger partial charge on any atom is 0.135 e. The predicted molar refractivity (Wildman–Crippen MR) is 268 cm³/mol. The first-order valence-electron chi connectivity index (χ1n) is 21.5. The van der Waals surface area contributed by atoms with Crippen molar-refractivity contribution < 1.29 is 4.42 Å². The van der Waals surface area contributed by atoms with Gasteiger partial charge in [-0.3, -0.25) is 0 Å². The summed E-state index contributed by atoms with van der Waals surface area (Å²) in [7, 11) is 0. The lowest BCUT2D eigenvalue weighted by Crippen LogP contribution is -1.92. The van der Waals surface area contributed by atoms with Crippen molar-refractivity contribution in [2.24, 2.45) is 0 Å². The van der Waals surface area contributed by atoms with Crippen LogP contribution in [-0.4, -0.2) is 4.57 Å². The van der Waals surface area contributed by atoms with E-state index in [1.54, 1.807) is 0 Å². The van der Waals surface area contributed by atoms with Crippen molar-refractivity contribution in [1.82, 2.24) is 4.57 Å². The Labute approximate surface area is 368 Å². The highest BCUT2D eigenvalue weighted by atomic mass is 32.1. The van der Waals surface area contributed by atoms with Crippen LogP contribution in [0.2, 0.25) is 0 Å².